The van der Waals surface area contributed by atoms with E-state index in [4.69, 9.17) is 5.11 Å². The van der Waals surface area contributed by atoms with Crippen molar-refractivity contribution in [2.24, 2.45) is 7.05 Å². The van der Waals surface area contributed by atoms with E-state index in [0.29, 0.717) is 12.1 Å². The molecule has 2 rings (SSSR count). The van der Waals surface area contributed by atoms with Crippen LogP contribution >= 0.6 is 0 Å². The summed E-state index contributed by atoms with van der Waals surface area (Å²) >= 11 is 0. The summed E-state index contributed by atoms with van der Waals surface area (Å²) in [7, 11) is 1.76. The van der Waals surface area contributed by atoms with Gasteiger partial charge in [-0.1, -0.05) is 12.1 Å². The molecule has 20 heavy (non-hydrogen) atoms. The minimum atomic E-state index is -0.908. The quantitative estimate of drug-likeness (QED) is 0.659. The zero-order chi connectivity index (χ0) is 14.7. The normalized spacial score (nSPS) is 10.4. The molecule has 1 N–H and O–H groups in total. The average Bonchev–Trinajstić information content (AvgIpc) is 2.71. The number of benzene rings is 1. The molecule has 0 aliphatic heterocycles. The van der Waals surface area contributed by atoms with Gasteiger partial charge in [0.05, 0.1) is 11.3 Å². The van der Waals surface area contributed by atoms with Crippen molar-refractivity contribution >= 4 is 11.7 Å². The minimum Gasteiger partial charge on any atom is -0.481 e. The smallest absolute Gasteiger partial charge is 0.309 e. The van der Waals surface area contributed by atoms with Gasteiger partial charge in [0, 0.05) is 37.5 Å². The molecular weight excluding hydrogens is 262 g/mol. The number of nitro groups is 1. The van der Waals surface area contributed by atoms with E-state index in [-0.39, 0.29) is 12.1 Å². The summed E-state index contributed by atoms with van der Waals surface area (Å²) in [5.74, 6) is -0.190. The van der Waals surface area contributed by atoms with E-state index >= 15 is 0 Å². The Morgan fingerprint density at radius 3 is 2.60 bits per heavy atom. The number of hydrogen-bond donors (Lipinski definition) is 1. The van der Waals surface area contributed by atoms with Crippen molar-refractivity contribution in [2.75, 3.05) is 0 Å². The van der Waals surface area contributed by atoms with Crippen molar-refractivity contribution < 1.29 is 14.8 Å². The van der Waals surface area contributed by atoms with Crippen LogP contribution < -0.4 is 0 Å². The lowest BCUT2D eigenvalue weighted by Crippen LogP contribution is -2.07. The fourth-order valence-corrected chi connectivity index (χ4v) is 1.89. The highest BCUT2D eigenvalue weighted by Gasteiger charge is 2.11. The molecule has 0 fully saturated rings. The third-order valence-corrected chi connectivity index (χ3v) is 3.02. The number of carboxylic acid groups (broad SMARTS) is 1. The summed E-state index contributed by atoms with van der Waals surface area (Å²) in [5.41, 5.74) is 1.54. The van der Waals surface area contributed by atoms with Crippen LogP contribution in [0.3, 0.4) is 0 Å². The molecule has 0 radical (unpaired) electrons. The van der Waals surface area contributed by atoms with Crippen LogP contribution in [0.15, 0.2) is 30.5 Å². The third kappa shape index (κ3) is 3.00. The van der Waals surface area contributed by atoms with Gasteiger partial charge in [0.1, 0.15) is 5.82 Å². The van der Waals surface area contributed by atoms with E-state index in [1.54, 1.807) is 23.7 Å². The zero-order valence-corrected chi connectivity index (χ0v) is 10.8. The Labute approximate surface area is 114 Å². The summed E-state index contributed by atoms with van der Waals surface area (Å²) in [4.78, 5) is 25.0. The maximum absolute atomic E-state index is 10.7. The Balaban J connectivity index is 2.15. The number of carboxylic acids is 1. The van der Waals surface area contributed by atoms with Gasteiger partial charge in [-0.25, -0.2) is 4.98 Å². The Hall–Kier alpha value is -2.70. The van der Waals surface area contributed by atoms with Gasteiger partial charge in [-0.15, -0.1) is 0 Å². The lowest BCUT2D eigenvalue weighted by Gasteiger charge is -2.04. The number of aliphatic carboxylic acids is 1. The van der Waals surface area contributed by atoms with Crippen molar-refractivity contribution in [2.45, 2.75) is 12.8 Å². The van der Waals surface area contributed by atoms with Gasteiger partial charge < -0.3 is 9.67 Å². The molecule has 1 heterocycles. The largest absolute Gasteiger partial charge is 0.481 e. The number of aromatic nitrogens is 2. The number of nitrogens with zero attached hydrogens (tertiary/aromatic N) is 3. The molecule has 2 aromatic rings. The molecule has 104 valence electrons. The first kappa shape index (κ1) is 13.7. The highest BCUT2D eigenvalue weighted by molar-refractivity contribution is 5.69. The molecule has 0 saturated heterocycles. The van der Waals surface area contributed by atoms with Crippen LogP contribution in [0.4, 0.5) is 5.69 Å². The first-order valence-corrected chi connectivity index (χ1v) is 5.92. The number of non-ortho nitro benzene ring substituents is 1. The van der Waals surface area contributed by atoms with Gasteiger partial charge in [-0.05, 0) is 5.56 Å². The Morgan fingerprint density at radius 1 is 1.40 bits per heavy atom. The molecule has 1 aromatic carbocycles. The van der Waals surface area contributed by atoms with Gasteiger partial charge in [-0.3, -0.25) is 14.9 Å². The van der Waals surface area contributed by atoms with Crippen molar-refractivity contribution in [3.63, 3.8) is 0 Å². The zero-order valence-electron chi connectivity index (χ0n) is 10.8. The Kier molecular flexibility index (Phi) is 3.79. The molecule has 0 saturated carbocycles. The standard InChI is InChI=1S/C13H13N3O4/c1-15-11(7-13(17)18)8-14-12(15)6-9-2-4-10(5-3-9)16(19)20/h2-5,8H,6-7H2,1H3,(H,17,18). The lowest BCUT2D eigenvalue weighted by atomic mass is 10.1. The number of nitro benzene ring substituents is 1. The molecule has 1 aromatic heterocycles. The van der Waals surface area contributed by atoms with E-state index in [0.717, 1.165) is 11.4 Å². The van der Waals surface area contributed by atoms with Crippen molar-refractivity contribution in [3.8, 4) is 0 Å². The van der Waals surface area contributed by atoms with Gasteiger partial charge in [0.15, 0.2) is 0 Å². The second-order valence-electron chi connectivity index (χ2n) is 4.40. The van der Waals surface area contributed by atoms with E-state index < -0.39 is 10.9 Å². The third-order valence-electron chi connectivity index (χ3n) is 3.02. The van der Waals surface area contributed by atoms with Crippen molar-refractivity contribution in [1.82, 2.24) is 9.55 Å². The van der Waals surface area contributed by atoms with Crippen LogP contribution in [0.2, 0.25) is 0 Å². The highest BCUT2D eigenvalue weighted by atomic mass is 16.6. The average molecular weight is 275 g/mol. The first-order valence-electron chi connectivity index (χ1n) is 5.92. The molecule has 0 aliphatic carbocycles. The van der Waals surface area contributed by atoms with Gasteiger partial charge in [0.2, 0.25) is 0 Å². The lowest BCUT2D eigenvalue weighted by molar-refractivity contribution is -0.384. The van der Waals surface area contributed by atoms with Crippen LogP contribution in [0, 0.1) is 10.1 Å². The van der Waals surface area contributed by atoms with Crippen LogP contribution in [0.5, 0.6) is 0 Å². The fraction of sp³-hybridized carbons (Fsp3) is 0.231. The summed E-state index contributed by atoms with van der Waals surface area (Å²) in [6, 6.07) is 6.22. The van der Waals surface area contributed by atoms with Crippen molar-refractivity contribution in [3.05, 3.63) is 57.7 Å². The summed E-state index contributed by atoms with van der Waals surface area (Å²) in [6.45, 7) is 0. The summed E-state index contributed by atoms with van der Waals surface area (Å²) in [5, 5.41) is 19.3. The second-order valence-corrected chi connectivity index (χ2v) is 4.40. The second kappa shape index (κ2) is 5.52. The monoisotopic (exact) mass is 275 g/mol. The van der Waals surface area contributed by atoms with E-state index in [1.165, 1.54) is 18.3 Å². The molecule has 0 unspecified atom stereocenters. The van der Waals surface area contributed by atoms with Crippen LogP contribution in [0.1, 0.15) is 17.1 Å². The number of carbonyl (C=O) groups is 1. The number of hydrogen-bond acceptors (Lipinski definition) is 4. The van der Waals surface area contributed by atoms with Crippen LogP contribution in [-0.2, 0) is 24.7 Å². The molecule has 0 atom stereocenters. The molecule has 0 amide bonds. The van der Waals surface area contributed by atoms with Gasteiger partial charge >= 0.3 is 5.97 Å². The van der Waals surface area contributed by atoms with Gasteiger partial charge in [0.25, 0.3) is 5.69 Å². The van der Waals surface area contributed by atoms with E-state index in [9.17, 15) is 14.9 Å². The topological polar surface area (TPSA) is 98.3 Å². The predicted molar refractivity (Wildman–Crippen MR) is 70.5 cm³/mol. The van der Waals surface area contributed by atoms with E-state index in [1.807, 2.05) is 0 Å². The Morgan fingerprint density at radius 2 is 2.05 bits per heavy atom. The molecule has 7 nitrogen and oxygen atoms in total. The molecule has 0 bridgehead atoms. The highest BCUT2D eigenvalue weighted by Crippen LogP contribution is 2.15. The molecule has 0 spiro atoms. The maximum atomic E-state index is 10.7. The number of rotatable bonds is 5. The first-order chi connectivity index (χ1) is 9.47. The summed E-state index contributed by atoms with van der Waals surface area (Å²) in [6.07, 6.45) is 1.95. The summed E-state index contributed by atoms with van der Waals surface area (Å²) < 4.78 is 1.73. The Bertz CT molecular complexity index is 646. The molecule has 0 aliphatic rings. The minimum absolute atomic E-state index is 0.0418. The van der Waals surface area contributed by atoms with Crippen molar-refractivity contribution in [1.29, 1.82) is 0 Å². The molecule has 7 heteroatoms. The van der Waals surface area contributed by atoms with E-state index in [2.05, 4.69) is 4.98 Å². The molecular formula is C13H13N3O4. The predicted octanol–water partition coefficient (Wildman–Crippen LogP) is 1.55. The fourth-order valence-electron chi connectivity index (χ4n) is 1.89. The SMILES string of the molecule is Cn1c(CC(=O)O)cnc1Cc1ccc([N+](=O)[O-])cc1. The number of imidazole rings is 1. The maximum Gasteiger partial charge on any atom is 0.309 e. The van der Waals surface area contributed by atoms with Gasteiger partial charge in [-0.2, -0.15) is 0 Å². The van der Waals surface area contributed by atoms with Crippen LogP contribution in [0.25, 0.3) is 0 Å². The van der Waals surface area contributed by atoms with Crippen LogP contribution in [-0.4, -0.2) is 25.6 Å².